The Morgan fingerprint density at radius 3 is 2.46 bits per heavy atom. The predicted molar refractivity (Wildman–Crippen MR) is 130 cm³/mol. The quantitative estimate of drug-likeness (QED) is 0.404. The molecule has 7 nitrogen and oxygen atoms in total. The van der Waals surface area contributed by atoms with E-state index in [4.69, 9.17) is 9.26 Å². The van der Waals surface area contributed by atoms with Crippen molar-refractivity contribution in [2.75, 3.05) is 31.1 Å². The maximum Gasteiger partial charge on any atom is 0.264 e. The van der Waals surface area contributed by atoms with Gasteiger partial charge in [-0.3, -0.25) is 4.79 Å². The van der Waals surface area contributed by atoms with Crippen molar-refractivity contribution in [1.29, 1.82) is 0 Å². The lowest BCUT2D eigenvalue weighted by Crippen LogP contribution is -2.49. The van der Waals surface area contributed by atoms with Crippen molar-refractivity contribution in [3.63, 3.8) is 0 Å². The average molecular weight is 473 g/mol. The largest absolute Gasteiger partial charge is 0.483 e. The molecular formula is C27H25FN4O3. The Kier molecular flexibility index (Phi) is 6.43. The lowest BCUT2D eigenvalue weighted by molar-refractivity contribution is 0.0741. The van der Waals surface area contributed by atoms with Gasteiger partial charge in [0.1, 0.15) is 11.6 Å². The third-order valence-corrected chi connectivity index (χ3v) is 6.01. The number of nitrogens with zero attached hydrogens (tertiary/aromatic N) is 4. The molecule has 0 spiro atoms. The molecule has 0 radical (unpaired) electrons. The molecule has 0 N–H and O–H groups in total. The van der Waals surface area contributed by atoms with Gasteiger partial charge >= 0.3 is 0 Å². The van der Waals surface area contributed by atoms with Crippen LogP contribution in [0.5, 0.6) is 5.75 Å². The van der Waals surface area contributed by atoms with Gasteiger partial charge in [-0.1, -0.05) is 59.3 Å². The molecule has 8 heteroatoms. The van der Waals surface area contributed by atoms with Gasteiger partial charge in [0.15, 0.2) is 6.61 Å². The highest BCUT2D eigenvalue weighted by molar-refractivity contribution is 5.97. The molecule has 1 saturated heterocycles. The van der Waals surface area contributed by atoms with E-state index in [-0.39, 0.29) is 18.3 Å². The fourth-order valence-corrected chi connectivity index (χ4v) is 4.07. The lowest BCUT2D eigenvalue weighted by Gasteiger charge is -2.36. The molecule has 178 valence electrons. The van der Waals surface area contributed by atoms with Crippen LogP contribution in [0.1, 0.15) is 21.8 Å². The Balaban J connectivity index is 1.23. The number of hydrogen-bond donors (Lipinski definition) is 0. The molecule has 0 aliphatic carbocycles. The highest BCUT2D eigenvalue weighted by atomic mass is 19.1. The van der Waals surface area contributed by atoms with E-state index in [0.717, 1.165) is 11.1 Å². The zero-order chi connectivity index (χ0) is 24.2. The van der Waals surface area contributed by atoms with Crippen molar-refractivity contribution in [3.05, 3.63) is 95.6 Å². The van der Waals surface area contributed by atoms with Crippen molar-refractivity contribution in [1.82, 2.24) is 15.0 Å². The number of carbonyl (C=O) groups is 1. The van der Waals surface area contributed by atoms with Crippen LogP contribution in [0.3, 0.4) is 0 Å². The monoisotopic (exact) mass is 472 g/mol. The molecule has 1 amide bonds. The summed E-state index contributed by atoms with van der Waals surface area (Å²) < 4.78 is 25.4. The minimum atomic E-state index is -0.252. The normalized spacial score (nSPS) is 13.7. The van der Waals surface area contributed by atoms with Crippen LogP contribution in [0.2, 0.25) is 0 Å². The second-order valence-electron chi connectivity index (χ2n) is 8.39. The van der Waals surface area contributed by atoms with Crippen molar-refractivity contribution in [2.45, 2.75) is 13.5 Å². The average Bonchev–Trinajstić information content (AvgIpc) is 3.37. The van der Waals surface area contributed by atoms with Gasteiger partial charge in [-0.05, 0) is 31.2 Å². The summed E-state index contributed by atoms with van der Waals surface area (Å²) >= 11 is 0. The first kappa shape index (κ1) is 22.6. The zero-order valence-corrected chi connectivity index (χ0v) is 19.4. The number of aryl methyl sites for hydroxylation is 1. The molecule has 0 bridgehead atoms. The number of aromatic nitrogens is 2. The SMILES string of the molecule is Cc1ccc(-c2noc(COc3ccccc3C(=O)N3CCN(c4ccccc4F)CC3)n2)cc1. The summed E-state index contributed by atoms with van der Waals surface area (Å²) in [5.41, 5.74) is 3.03. The zero-order valence-electron chi connectivity index (χ0n) is 19.4. The van der Waals surface area contributed by atoms with E-state index in [2.05, 4.69) is 10.1 Å². The van der Waals surface area contributed by atoms with Crippen LogP contribution in [0.15, 0.2) is 77.3 Å². The van der Waals surface area contributed by atoms with Crippen LogP contribution in [-0.4, -0.2) is 47.1 Å². The van der Waals surface area contributed by atoms with E-state index in [0.29, 0.717) is 54.9 Å². The Bertz CT molecular complexity index is 1310. The summed E-state index contributed by atoms with van der Waals surface area (Å²) in [6.45, 7) is 4.15. The summed E-state index contributed by atoms with van der Waals surface area (Å²) in [5.74, 6) is 0.878. The predicted octanol–water partition coefficient (Wildman–Crippen LogP) is 4.73. The number of hydrogen-bond acceptors (Lipinski definition) is 6. The van der Waals surface area contributed by atoms with Gasteiger partial charge in [0.25, 0.3) is 11.8 Å². The molecule has 1 aliphatic heterocycles. The number of anilines is 1. The molecule has 0 atom stereocenters. The fraction of sp³-hybridized carbons (Fsp3) is 0.222. The van der Waals surface area contributed by atoms with E-state index in [1.54, 1.807) is 35.2 Å². The molecule has 4 aromatic rings. The number of rotatable bonds is 6. The third-order valence-electron chi connectivity index (χ3n) is 6.01. The number of benzene rings is 3. The molecule has 35 heavy (non-hydrogen) atoms. The van der Waals surface area contributed by atoms with Gasteiger partial charge in [0, 0.05) is 31.7 Å². The first-order chi connectivity index (χ1) is 17.1. The number of piperazine rings is 1. The van der Waals surface area contributed by atoms with Crippen LogP contribution in [-0.2, 0) is 6.61 Å². The standard InChI is InChI=1S/C27H25FN4O3/c1-19-10-12-20(13-11-19)26-29-25(35-30-26)18-34-24-9-5-2-6-21(24)27(33)32-16-14-31(15-17-32)23-8-4-3-7-22(23)28/h2-13H,14-18H2,1H3. The van der Waals surface area contributed by atoms with Gasteiger partial charge in [-0.2, -0.15) is 4.98 Å². The van der Waals surface area contributed by atoms with E-state index in [9.17, 15) is 9.18 Å². The minimum Gasteiger partial charge on any atom is -0.483 e. The second kappa shape index (κ2) is 9.97. The molecule has 1 aromatic heterocycles. The van der Waals surface area contributed by atoms with Crippen molar-refractivity contribution >= 4 is 11.6 Å². The van der Waals surface area contributed by atoms with Crippen LogP contribution in [0.4, 0.5) is 10.1 Å². The van der Waals surface area contributed by atoms with Crippen molar-refractivity contribution in [2.24, 2.45) is 0 Å². The highest BCUT2D eigenvalue weighted by Gasteiger charge is 2.25. The van der Waals surface area contributed by atoms with Crippen LogP contribution in [0, 0.1) is 12.7 Å². The fourth-order valence-electron chi connectivity index (χ4n) is 4.07. The van der Waals surface area contributed by atoms with Gasteiger partial charge in [0.2, 0.25) is 5.82 Å². The lowest BCUT2D eigenvalue weighted by atomic mass is 10.1. The number of ether oxygens (including phenoxy) is 1. The van der Waals surface area contributed by atoms with E-state index >= 15 is 0 Å². The van der Waals surface area contributed by atoms with Crippen LogP contribution >= 0.6 is 0 Å². The van der Waals surface area contributed by atoms with E-state index < -0.39 is 0 Å². The molecule has 0 saturated carbocycles. The van der Waals surface area contributed by atoms with Crippen molar-refractivity contribution in [3.8, 4) is 17.1 Å². The highest BCUT2D eigenvalue weighted by Crippen LogP contribution is 2.24. The smallest absolute Gasteiger partial charge is 0.264 e. The molecule has 1 fully saturated rings. The van der Waals surface area contributed by atoms with E-state index in [1.807, 2.05) is 48.2 Å². The molecule has 5 rings (SSSR count). The van der Waals surface area contributed by atoms with Gasteiger partial charge in [-0.15, -0.1) is 0 Å². The third kappa shape index (κ3) is 5.01. The van der Waals surface area contributed by atoms with Crippen LogP contribution in [0.25, 0.3) is 11.4 Å². The molecule has 1 aliphatic rings. The molecular weight excluding hydrogens is 447 g/mol. The molecule has 2 heterocycles. The number of halogens is 1. The summed E-state index contributed by atoms with van der Waals surface area (Å²) in [4.78, 5) is 21.4. The van der Waals surface area contributed by atoms with Crippen LogP contribution < -0.4 is 9.64 Å². The van der Waals surface area contributed by atoms with Gasteiger partial charge in [-0.25, -0.2) is 4.39 Å². The van der Waals surface area contributed by atoms with Gasteiger partial charge in [0.05, 0.1) is 11.3 Å². The Labute approximate surface area is 202 Å². The summed E-state index contributed by atoms with van der Waals surface area (Å²) in [5, 5.41) is 4.02. The first-order valence-corrected chi connectivity index (χ1v) is 11.5. The maximum absolute atomic E-state index is 14.1. The Morgan fingerprint density at radius 2 is 1.69 bits per heavy atom. The summed E-state index contributed by atoms with van der Waals surface area (Å²) in [7, 11) is 0. The first-order valence-electron chi connectivity index (χ1n) is 11.5. The number of para-hydroxylation sites is 2. The summed E-state index contributed by atoms with van der Waals surface area (Å²) in [6.07, 6.45) is 0. The second-order valence-corrected chi connectivity index (χ2v) is 8.39. The number of amides is 1. The van der Waals surface area contributed by atoms with E-state index in [1.165, 1.54) is 6.07 Å². The molecule has 0 unspecified atom stereocenters. The maximum atomic E-state index is 14.1. The Morgan fingerprint density at radius 1 is 0.971 bits per heavy atom. The Hall–Kier alpha value is -4.20. The minimum absolute atomic E-state index is 0.0458. The van der Waals surface area contributed by atoms with Gasteiger partial charge < -0.3 is 19.1 Å². The number of carbonyl (C=O) groups excluding carboxylic acids is 1. The topological polar surface area (TPSA) is 71.7 Å². The summed E-state index contributed by atoms with van der Waals surface area (Å²) in [6, 6.07) is 21.7. The molecule has 3 aromatic carbocycles. The van der Waals surface area contributed by atoms with Crippen molar-refractivity contribution < 1.29 is 18.4 Å².